The predicted octanol–water partition coefficient (Wildman–Crippen LogP) is 4.25. The summed E-state index contributed by atoms with van der Waals surface area (Å²) in [6, 6.07) is 0. The fourth-order valence-corrected chi connectivity index (χ4v) is 2.44. The molecule has 0 heteroatoms. The molecular weight excluding hydrogens is 144 g/mol. The smallest absolute Gasteiger partial charge is 0.0354 e. The monoisotopic (exact) mass is 168 g/mol. The van der Waals surface area contributed by atoms with Crippen molar-refractivity contribution in [3.63, 3.8) is 0 Å². The first-order valence-corrected chi connectivity index (χ1v) is 5.54. The van der Waals surface area contributed by atoms with Crippen molar-refractivity contribution in [2.75, 3.05) is 0 Å². The molecule has 0 radical (unpaired) electrons. The minimum absolute atomic E-state index is 0.554. The minimum atomic E-state index is 0.554. The van der Waals surface area contributed by atoms with Gasteiger partial charge in [-0.1, -0.05) is 47.0 Å². The van der Waals surface area contributed by atoms with E-state index < -0.39 is 0 Å². The molecule has 1 rings (SSSR count). The van der Waals surface area contributed by atoms with Gasteiger partial charge in [0.15, 0.2) is 0 Å². The van der Waals surface area contributed by atoms with E-state index in [1.807, 2.05) is 0 Å². The zero-order chi connectivity index (χ0) is 9.19. The maximum Gasteiger partial charge on any atom is -0.0354 e. The summed E-state index contributed by atoms with van der Waals surface area (Å²) < 4.78 is 0. The Hall–Kier alpha value is 0. The molecule has 0 aromatic rings. The first-order chi connectivity index (χ1) is 5.54. The third-order valence-corrected chi connectivity index (χ3v) is 3.65. The molecule has 0 heterocycles. The third kappa shape index (κ3) is 2.50. The standard InChI is InChI=1S/C12H24/c1-5-10-6-8-11(9-7-10)12(2,3)4/h10-11H,5-9H2,1-4H3. The summed E-state index contributed by atoms with van der Waals surface area (Å²) in [5.74, 6) is 2.03. The van der Waals surface area contributed by atoms with E-state index in [2.05, 4.69) is 27.7 Å². The lowest BCUT2D eigenvalue weighted by Gasteiger charge is -2.36. The molecule has 0 N–H and O–H groups in total. The van der Waals surface area contributed by atoms with Crippen LogP contribution >= 0.6 is 0 Å². The van der Waals surface area contributed by atoms with E-state index in [1.165, 1.54) is 32.1 Å². The molecule has 0 saturated heterocycles. The van der Waals surface area contributed by atoms with Crippen LogP contribution in [-0.2, 0) is 0 Å². The van der Waals surface area contributed by atoms with Gasteiger partial charge in [0, 0.05) is 0 Å². The summed E-state index contributed by atoms with van der Waals surface area (Å²) >= 11 is 0. The van der Waals surface area contributed by atoms with Crippen LogP contribution in [0.5, 0.6) is 0 Å². The van der Waals surface area contributed by atoms with Crippen LogP contribution in [0.25, 0.3) is 0 Å². The van der Waals surface area contributed by atoms with Crippen molar-refractivity contribution in [1.29, 1.82) is 0 Å². The first-order valence-electron chi connectivity index (χ1n) is 5.54. The Morgan fingerprint density at radius 1 is 1.00 bits per heavy atom. The zero-order valence-electron chi connectivity index (χ0n) is 9.19. The summed E-state index contributed by atoms with van der Waals surface area (Å²) in [7, 11) is 0. The first kappa shape index (κ1) is 10.1. The second kappa shape index (κ2) is 3.81. The van der Waals surface area contributed by atoms with Crippen LogP contribution in [-0.4, -0.2) is 0 Å². The van der Waals surface area contributed by atoms with Gasteiger partial charge in [-0.05, 0) is 30.1 Å². The Labute approximate surface area is 77.7 Å². The summed E-state index contributed by atoms with van der Waals surface area (Å²) in [5.41, 5.74) is 0.554. The van der Waals surface area contributed by atoms with Crippen molar-refractivity contribution < 1.29 is 0 Å². The molecule has 12 heavy (non-hydrogen) atoms. The van der Waals surface area contributed by atoms with Crippen molar-refractivity contribution in [2.24, 2.45) is 17.3 Å². The molecule has 1 aliphatic rings. The van der Waals surface area contributed by atoms with Gasteiger partial charge < -0.3 is 0 Å². The second-order valence-corrected chi connectivity index (χ2v) is 5.49. The van der Waals surface area contributed by atoms with Crippen LogP contribution in [0, 0.1) is 17.3 Å². The zero-order valence-corrected chi connectivity index (χ0v) is 9.19. The summed E-state index contributed by atoms with van der Waals surface area (Å²) in [6.07, 6.45) is 7.32. The molecule has 0 amide bonds. The third-order valence-electron chi connectivity index (χ3n) is 3.65. The van der Waals surface area contributed by atoms with Crippen LogP contribution in [0.1, 0.15) is 59.8 Å². The summed E-state index contributed by atoms with van der Waals surface area (Å²) in [6.45, 7) is 9.51. The molecule has 1 aliphatic carbocycles. The van der Waals surface area contributed by atoms with Gasteiger partial charge in [-0.15, -0.1) is 0 Å². The molecule has 1 saturated carbocycles. The highest BCUT2D eigenvalue weighted by atomic mass is 14.3. The van der Waals surface area contributed by atoms with Gasteiger partial charge in [0.25, 0.3) is 0 Å². The number of hydrogen-bond donors (Lipinski definition) is 0. The van der Waals surface area contributed by atoms with Crippen molar-refractivity contribution in [3.05, 3.63) is 0 Å². The molecule has 0 spiro atoms. The second-order valence-electron chi connectivity index (χ2n) is 5.49. The van der Waals surface area contributed by atoms with Gasteiger partial charge in [-0.25, -0.2) is 0 Å². The van der Waals surface area contributed by atoms with E-state index in [9.17, 15) is 0 Å². The van der Waals surface area contributed by atoms with E-state index in [4.69, 9.17) is 0 Å². The molecule has 0 nitrogen and oxygen atoms in total. The lowest BCUT2D eigenvalue weighted by molar-refractivity contribution is 0.148. The molecule has 72 valence electrons. The van der Waals surface area contributed by atoms with E-state index >= 15 is 0 Å². The lowest BCUT2D eigenvalue weighted by Crippen LogP contribution is -2.25. The Bertz CT molecular complexity index is 121. The highest BCUT2D eigenvalue weighted by Gasteiger charge is 2.28. The quantitative estimate of drug-likeness (QED) is 0.549. The van der Waals surface area contributed by atoms with Crippen LogP contribution in [0.4, 0.5) is 0 Å². The van der Waals surface area contributed by atoms with E-state index in [0.717, 1.165) is 11.8 Å². The maximum absolute atomic E-state index is 2.39. The average molecular weight is 168 g/mol. The highest BCUT2D eigenvalue weighted by Crippen LogP contribution is 2.40. The normalized spacial score (nSPS) is 32.0. The summed E-state index contributed by atoms with van der Waals surface area (Å²) in [5, 5.41) is 0. The maximum atomic E-state index is 2.39. The fraction of sp³-hybridized carbons (Fsp3) is 1.00. The Morgan fingerprint density at radius 2 is 1.50 bits per heavy atom. The minimum Gasteiger partial charge on any atom is -0.0651 e. The topological polar surface area (TPSA) is 0 Å². The van der Waals surface area contributed by atoms with Gasteiger partial charge in [-0.2, -0.15) is 0 Å². The molecule has 0 aromatic carbocycles. The van der Waals surface area contributed by atoms with Crippen molar-refractivity contribution in [1.82, 2.24) is 0 Å². The van der Waals surface area contributed by atoms with E-state index in [1.54, 1.807) is 0 Å². The Balaban J connectivity index is 2.36. The van der Waals surface area contributed by atoms with Crippen LogP contribution in [0.15, 0.2) is 0 Å². The Morgan fingerprint density at radius 3 is 1.83 bits per heavy atom. The lowest BCUT2D eigenvalue weighted by atomic mass is 9.69. The van der Waals surface area contributed by atoms with Crippen LogP contribution < -0.4 is 0 Å². The predicted molar refractivity (Wildman–Crippen MR) is 55.2 cm³/mol. The van der Waals surface area contributed by atoms with Crippen molar-refractivity contribution in [3.8, 4) is 0 Å². The van der Waals surface area contributed by atoms with Crippen LogP contribution in [0.2, 0.25) is 0 Å². The van der Waals surface area contributed by atoms with Crippen LogP contribution in [0.3, 0.4) is 0 Å². The molecular formula is C12H24. The molecule has 0 atom stereocenters. The molecule has 0 aliphatic heterocycles. The molecule has 0 bridgehead atoms. The molecule has 1 fully saturated rings. The SMILES string of the molecule is CCC1CCC(C(C)(C)C)CC1. The van der Waals surface area contributed by atoms with E-state index in [0.29, 0.717) is 5.41 Å². The highest BCUT2D eigenvalue weighted by molar-refractivity contribution is 4.79. The molecule has 0 unspecified atom stereocenters. The van der Waals surface area contributed by atoms with Gasteiger partial charge in [-0.3, -0.25) is 0 Å². The number of hydrogen-bond acceptors (Lipinski definition) is 0. The number of rotatable bonds is 1. The Kier molecular flexibility index (Phi) is 3.20. The fourth-order valence-electron chi connectivity index (χ4n) is 2.44. The van der Waals surface area contributed by atoms with E-state index in [-0.39, 0.29) is 0 Å². The van der Waals surface area contributed by atoms with Gasteiger partial charge in [0.05, 0.1) is 0 Å². The summed E-state index contributed by atoms with van der Waals surface area (Å²) in [4.78, 5) is 0. The van der Waals surface area contributed by atoms with Crippen molar-refractivity contribution in [2.45, 2.75) is 59.8 Å². The van der Waals surface area contributed by atoms with Gasteiger partial charge in [0.1, 0.15) is 0 Å². The van der Waals surface area contributed by atoms with Gasteiger partial charge in [0.2, 0.25) is 0 Å². The average Bonchev–Trinajstić information content (AvgIpc) is 2.03. The van der Waals surface area contributed by atoms with Crippen molar-refractivity contribution >= 4 is 0 Å². The van der Waals surface area contributed by atoms with Gasteiger partial charge >= 0.3 is 0 Å². The molecule has 0 aromatic heterocycles. The largest absolute Gasteiger partial charge is 0.0651 e.